The van der Waals surface area contributed by atoms with Gasteiger partial charge >= 0.3 is 0 Å². The van der Waals surface area contributed by atoms with E-state index in [2.05, 4.69) is 185 Å². The fourth-order valence-electron chi connectivity index (χ4n) is 9.05. The minimum absolute atomic E-state index is 0.560. The van der Waals surface area contributed by atoms with E-state index in [9.17, 15) is 0 Å². The summed E-state index contributed by atoms with van der Waals surface area (Å²) in [5, 5.41) is 9.27. The molecule has 0 amide bonds. The van der Waals surface area contributed by atoms with E-state index in [0.29, 0.717) is 17.6 Å². The van der Waals surface area contributed by atoms with Crippen molar-refractivity contribution < 1.29 is 4.42 Å². The van der Waals surface area contributed by atoms with Gasteiger partial charge in [-0.1, -0.05) is 103 Å². The molecule has 58 heavy (non-hydrogen) atoms. The van der Waals surface area contributed by atoms with Crippen LogP contribution < -0.4 is 0 Å². The Kier molecular flexibility index (Phi) is 6.50. The summed E-state index contributed by atoms with van der Waals surface area (Å²) >= 11 is 1.81. The maximum absolute atomic E-state index is 6.50. The summed E-state index contributed by atoms with van der Waals surface area (Å²) in [5.41, 5.74) is 8.90. The minimum Gasteiger partial charge on any atom is -0.456 e. The van der Waals surface area contributed by atoms with Crippen molar-refractivity contribution in [1.29, 1.82) is 0 Å². The lowest BCUT2D eigenvalue weighted by Crippen LogP contribution is -2.06. The van der Waals surface area contributed by atoms with Gasteiger partial charge in [0.1, 0.15) is 11.2 Å². The Bertz CT molecular complexity index is 3760. The predicted octanol–water partition coefficient (Wildman–Crippen LogP) is 13.7. The summed E-state index contributed by atoms with van der Waals surface area (Å²) in [7, 11) is 0. The molecule has 270 valence electrons. The van der Waals surface area contributed by atoms with Crippen molar-refractivity contribution in [3.8, 4) is 34.4 Å². The second-order valence-corrected chi connectivity index (χ2v) is 15.9. The van der Waals surface area contributed by atoms with E-state index >= 15 is 0 Å². The van der Waals surface area contributed by atoms with E-state index in [1.54, 1.807) is 0 Å². The molecule has 5 heterocycles. The first-order chi connectivity index (χ1) is 28.7. The highest BCUT2D eigenvalue weighted by atomic mass is 32.1. The molecule has 0 saturated carbocycles. The van der Waals surface area contributed by atoms with Crippen LogP contribution in [0.5, 0.6) is 0 Å². The Balaban J connectivity index is 1.09. The van der Waals surface area contributed by atoms with Crippen molar-refractivity contribution in [1.82, 2.24) is 24.1 Å². The fraction of sp³-hybridized carbons (Fsp3) is 0. The van der Waals surface area contributed by atoms with Crippen molar-refractivity contribution in [2.45, 2.75) is 0 Å². The van der Waals surface area contributed by atoms with Crippen LogP contribution in [0.1, 0.15) is 0 Å². The van der Waals surface area contributed by atoms with Crippen LogP contribution in [0.15, 0.2) is 180 Å². The summed E-state index contributed by atoms with van der Waals surface area (Å²) in [6, 6.07) is 61.8. The van der Waals surface area contributed by atoms with Crippen LogP contribution in [0, 0.1) is 0 Å². The molecule has 7 heteroatoms. The molecule has 5 aromatic heterocycles. The maximum Gasteiger partial charge on any atom is 0.238 e. The van der Waals surface area contributed by atoms with Crippen LogP contribution in [0.25, 0.3) is 120 Å². The van der Waals surface area contributed by atoms with Gasteiger partial charge in [0.2, 0.25) is 5.95 Å². The monoisotopic (exact) mass is 759 g/mol. The first-order valence-corrected chi connectivity index (χ1v) is 20.2. The molecule has 0 bridgehead atoms. The average Bonchev–Trinajstić information content (AvgIpc) is 4.03. The Labute approximate surface area is 334 Å². The number of fused-ring (bicyclic) bond motifs is 13. The zero-order chi connectivity index (χ0) is 37.9. The molecule has 0 unspecified atom stereocenters. The maximum atomic E-state index is 6.50. The number of para-hydroxylation sites is 4. The molecule has 8 aromatic carbocycles. The van der Waals surface area contributed by atoms with Crippen LogP contribution in [0.3, 0.4) is 0 Å². The molecule has 0 radical (unpaired) electrons. The zero-order valence-electron chi connectivity index (χ0n) is 30.8. The molecule has 0 aliphatic rings. The molecule has 0 aliphatic heterocycles. The van der Waals surface area contributed by atoms with E-state index in [4.69, 9.17) is 19.4 Å². The molecule has 0 atom stereocenters. The van der Waals surface area contributed by atoms with Gasteiger partial charge in [-0.05, 0) is 72.8 Å². The van der Waals surface area contributed by atoms with Crippen LogP contribution >= 0.6 is 11.3 Å². The van der Waals surface area contributed by atoms with Crippen LogP contribution in [0.2, 0.25) is 0 Å². The lowest BCUT2D eigenvalue weighted by Gasteiger charge is -2.12. The molecular formula is C51H29N5OS. The van der Waals surface area contributed by atoms with E-state index in [1.807, 2.05) is 11.3 Å². The lowest BCUT2D eigenvalue weighted by molar-refractivity contribution is 0.669. The number of aromatic nitrogens is 5. The summed E-state index contributed by atoms with van der Waals surface area (Å²) in [6.07, 6.45) is 0. The lowest BCUT2D eigenvalue weighted by atomic mass is 10.0. The SMILES string of the molecule is c1ccc(-n2c3ccccc3c3ccc(-c4nc(-c5ccc6oc7ccc8sc9ccccc9c8c7c6c5)nc(-n5c6ccccc6c6ccccc65)n4)cc32)cc1. The number of thiophene rings is 1. The van der Waals surface area contributed by atoms with Gasteiger partial charge in [0.15, 0.2) is 11.6 Å². The van der Waals surface area contributed by atoms with Crippen LogP contribution in [-0.2, 0) is 0 Å². The second-order valence-electron chi connectivity index (χ2n) is 14.8. The molecule has 0 N–H and O–H groups in total. The highest BCUT2D eigenvalue weighted by molar-refractivity contribution is 7.26. The Morgan fingerprint density at radius 2 is 0.948 bits per heavy atom. The summed E-state index contributed by atoms with van der Waals surface area (Å²) in [4.78, 5) is 15.9. The normalized spacial score (nSPS) is 12.1. The number of furan rings is 1. The van der Waals surface area contributed by atoms with Gasteiger partial charge in [-0.3, -0.25) is 4.57 Å². The largest absolute Gasteiger partial charge is 0.456 e. The summed E-state index contributed by atoms with van der Waals surface area (Å²) in [5.74, 6) is 1.74. The molecule has 13 aromatic rings. The second kappa shape index (κ2) is 11.9. The highest BCUT2D eigenvalue weighted by Gasteiger charge is 2.21. The Morgan fingerprint density at radius 3 is 1.67 bits per heavy atom. The molecule has 13 rings (SSSR count). The average molecular weight is 760 g/mol. The van der Waals surface area contributed by atoms with Gasteiger partial charge < -0.3 is 8.98 Å². The van der Waals surface area contributed by atoms with E-state index < -0.39 is 0 Å². The zero-order valence-corrected chi connectivity index (χ0v) is 31.6. The van der Waals surface area contributed by atoms with E-state index in [0.717, 1.165) is 71.6 Å². The van der Waals surface area contributed by atoms with Gasteiger partial charge in [0, 0.05) is 69.3 Å². The number of nitrogens with zero attached hydrogens (tertiary/aromatic N) is 5. The van der Waals surface area contributed by atoms with Crippen molar-refractivity contribution in [3.63, 3.8) is 0 Å². The third kappa shape index (κ3) is 4.50. The van der Waals surface area contributed by atoms with Crippen molar-refractivity contribution in [2.75, 3.05) is 0 Å². The molecular weight excluding hydrogens is 731 g/mol. The number of hydrogen-bond acceptors (Lipinski definition) is 5. The van der Waals surface area contributed by atoms with Crippen molar-refractivity contribution in [2.24, 2.45) is 0 Å². The Hall–Kier alpha value is -7.61. The fourth-order valence-corrected chi connectivity index (χ4v) is 10.2. The van der Waals surface area contributed by atoms with Crippen LogP contribution in [0.4, 0.5) is 0 Å². The number of hydrogen-bond donors (Lipinski definition) is 0. The first-order valence-electron chi connectivity index (χ1n) is 19.4. The van der Waals surface area contributed by atoms with Gasteiger partial charge in [0.05, 0.1) is 22.1 Å². The number of rotatable bonds is 4. The van der Waals surface area contributed by atoms with Gasteiger partial charge in [0.25, 0.3) is 0 Å². The van der Waals surface area contributed by atoms with Gasteiger partial charge in [-0.25, -0.2) is 4.98 Å². The molecule has 6 nitrogen and oxygen atoms in total. The standard InChI is InChI=1S/C51H29N5OS/c1-2-12-32(13-3-1)55-39-18-8-4-16-35(39)36-24-22-31(29-42(36)55)50-52-49(53-51(54-50)56-40-19-9-5-14-33(40)34-15-6-10-20-41(34)56)30-23-25-43-38(28-30)47-44(57-43)26-27-46-48(47)37-17-7-11-21-45(37)58-46/h1-29H. The third-order valence-corrected chi connectivity index (χ3v) is 12.7. The van der Waals surface area contributed by atoms with Crippen molar-refractivity contribution in [3.05, 3.63) is 176 Å². The Morgan fingerprint density at radius 1 is 0.379 bits per heavy atom. The third-order valence-electron chi connectivity index (χ3n) is 11.6. The van der Waals surface area contributed by atoms with Crippen molar-refractivity contribution >= 4 is 97.1 Å². The smallest absolute Gasteiger partial charge is 0.238 e. The van der Waals surface area contributed by atoms with E-state index in [1.165, 1.54) is 30.9 Å². The predicted molar refractivity (Wildman–Crippen MR) is 240 cm³/mol. The molecule has 0 fully saturated rings. The topological polar surface area (TPSA) is 61.7 Å². The van der Waals surface area contributed by atoms with Gasteiger partial charge in [-0.15, -0.1) is 11.3 Å². The van der Waals surface area contributed by atoms with Crippen LogP contribution in [-0.4, -0.2) is 24.1 Å². The molecule has 0 aliphatic carbocycles. The highest BCUT2D eigenvalue weighted by Crippen LogP contribution is 2.43. The minimum atomic E-state index is 0.560. The van der Waals surface area contributed by atoms with Gasteiger partial charge in [-0.2, -0.15) is 9.97 Å². The van der Waals surface area contributed by atoms with E-state index in [-0.39, 0.29) is 0 Å². The molecule has 0 saturated heterocycles. The quantitative estimate of drug-likeness (QED) is 0.179. The number of benzene rings is 8. The summed E-state index contributed by atoms with van der Waals surface area (Å²) in [6.45, 7) is 0. The summed E-state index contributed by atoms with van der Waals surface area (Å²) < 4.78 is 13.5. The first kappa shape index (κ1) is 31.6. The molecule has 0 spiro atoms.